The van der Waals surface area contributed by atoms with Crippen LogP contribution in [0.4, 0.5) is 11.8 Å². The van der Waals surface area contributed by atoms with Crippen LogP contribution in [0.2, 0.25) is 0 Å². The molecule has 7 heteroatoms. The number of nitrogens with zero attached hydrogens (tertiary/aromatic N) is 3. The number of hydrogen-bond donors (Lipinski definition) is 4. The van der Waals surface area contributed by atoms with Gasteiger partial charge in [0.1, 0.15) is 0 Å². The normalized spacial score (nSPS) is 9.00. The van der Waals surface area contributed by atoms with Crippen LogP contribution in [-0.4, -0.2) is 15.2 Å². The van der Waals surface area contributed by atoms with Gasteiger partial charge in [-0.1, -0.05) is 0 Å². The van der Waals surface area contributed by atoms with Crippen molar-refractivity contribution in [2.45, 2.75) is 0 Å². The van der Waals surface area contributed by atoms with Crippen LogP contribution in [0.5, 0.6) is 0 Å². The SMILES string of the molecule is NNc1cnnc(NN)n1. The highest BCUT2D eigenvalue weighted by atomic mass is 15.4. The monoisotopic (exact) mass is 141 g/mol. The summed E-state index contributed by atoms with van der Waals surface area (Å²) in [4.78, 5) is 3.76. The molecule has 54 valence electrons. The first-order valence-electron chi connectivity index (χ1n) is 2.50. The highest BCUT2D eigenvalue weighted by molar-refractivity contribution is 5.34. The van der Waals surface area contributed by atoms with Crippen molar-refractivity contribution >= 4 is 11.8 Å². The zero-order chi connectivity index (χ0) is 7.40. The lowest BCUT2D eigenvalue weighted by Crippen LogP contribution is -2.14. The van der Waals surface area contributed by atoms with Crippen molar-refractivity contribution in [2.24, 2.45) is 11.7 Å². The summed E-state index contributed by atoms with van der Waals surface area (Å²) in [5.74, 6) is 10.6. The van der Waals surface area contributed by atoms with E-state index >= 15 is 0 Å². The van der Waals surface area contributed by atoms with Gasteiger partial charge in [-0.3, -0.25) is 5.43 Å². The third-order valence-electron chi connectivity index (χ3n) is 0.836. The number of hydrogen-bond acceptors (Lipinski definition) is 7. The highest BCUT2D eigenvalue weighted by Gasteiger charge is 1.93. The van der Waals surface area contributed by atoms with Gasteiger partial charge in [-0.15, -0.1) is 5.10 Å². The van der Waals surface area contributed by atoms with Gasteiger partial charge in [-0.05, 0) is 0 Å². The van der Waals surface area contributed by atoms with Gasteiger partial charge >= 0.3 is 0 Å². The summed E-state index contributed by atoms with van der Waals surface area (Å²) in [6, 6.07) is 0. The molecule has 0 aliphatic heterocycles. The molecule has 0 aliphatic rings. The van der Waals surface area contributed by atoms with Crippen molar-refractivity contribution in [1.82, 2.24) is 15.2 Å². The van der Waals surface area contributed by atoms with E-state index in [0.29, 0.717) is 5.82 Å². The summed E-state index contributed by atoms with van der Waals surface area (Å²) < 4.78 is 0. The smallest absolute Gasteiger partial charge is 0.258 e. The Balaban J connectivity index is 2.87. The molecule has 0 aliphatic carbocycles. The van der Waals surface area contributed by atoms with Crippen molar-refractivity contribution in [1.29, 1.82) is 0 Å². The molecule has 1 heterocycles. The molecule has 10 heavy (non-hydrogen) atoms. The third kappa shape index (κ3) is 1.27. The zero-order valence-electron chi connectivity index (χ0n) is 5.07. The molecule has 0 spiro atoms. The van der Waals surface area contributed by atoms with Crippen LogP contribution in [0, 0.1) is 0 Å². The minimum absolute atomic E-state index is 0.218. The Morgan fingerprint density at radius 2 is 2.10 bits per heavy atom. The lowest BCUT2D eigenvalue weighted by atomic mass is 10.7. The fourth-order valence-electron chi connectivity index (χ4n) is 0.434. The largest absolute Gasteiger partial charge is 0.307 e. The molecule has 0 atom stereocenters. The first kappa shape index (κ1) is 6.65. The molecule has 6 N–H and O–H groups in total. The fraction of sp³-hybridized carbons (Fsp3) is 0. The topological polar surface area (TPSA) is 115 Å². The number of nitrogens with two attached hydrogens (primary N) is 2. The van der Waals surface area contributed by atoms with Gasteiger partial charge in [-0.25, -0.2) is 11.7 Å². The summed E-state index contributed by atoms with van der Waals surface area (Å²) in [5.41, 5.74) is 4.51. The maximum atomic E-state index is 5.02. The second-order valence-corrected chi connectivity index (χ2v) is 1.45. The van der Waals surface area contributed by atoms with Crippen molar-refractivity contribution < 1.29 is 0 Å². The van der Waals surface area contributed by atoms with Gasteiger partial charge in [0.2, 0.25) is 0 Å². The van der Waals surface area contributed by atoms with E-state index < -0.39 is 0 Å². The summed E-state index contributed by atoms with van der Waals surface area (Å²) in [6.07, 6.45) is 1.38. The predicted molar refractivity (Wildman–Crippen MR) is 35.4 cm³/mol. The first-order valence-corrected chi connectivity index (χ1v) is 2.50. The Morgan fingerprint density at radius 1 is 1.30 bits per heavy atom. The van der Waals surface area contributed by atoms with Gasteiger partial charge in [0.25, 0.3) is 5.95 Å². The second-order valence-electron chi connectivity index (χ2n) is 1.45. The molecule has 0 unspecified atom stereocenters. The summed E-state index contributed by atoms with van der Waals surface area (Å²) in [7, 11) is 0. The Hall–Kier alpha value is -1.47. The first-order chi connectivity index (χ1) is 4.86. The molecule has 0 saturated heterocycles. The van der Waals surface area contributed by atoms with Crippen LogP contribution < -0.4 is 22.5 Å². The summed E-state index contributed by atoms with van der Waals surface area (Å²) >= 11 is 0. The average molecular weight is 141 g/mol. The lowest BCUT2D eigenvalue weighted by Gasteiger charge is -1.98. The van der Waals surface area contributed by atoms with Crippen LogP contribution in [0.3, 0.4) is 0 Å². The maximum Gasteiger partial charge on any atom is 0.258 e. The minimum atomic E-state index is 0.218. The molecule has 0 bridgehead atoms. The number of nitrogen functional groups attached to an aromatic ring is 2. The molecule has 0 radical (unpaired) electrons. The molecule has 0 aromatic carbocycles. The van der Waals surface area contributed by atoms with Crippen LogP contribution in [0.1, 0.15) is 0 Å². The number of rotatable bonds is 2. The lowest BCUT2D eigenvalue weighted by molar-refractivity contribution is 0.959. The fourth-order valence-corrected chi connectivity index (χ4v) is 0.434. The van der Waals surface area contributed by atoms with Crippen molar-refractivity contribution in [2.75, 3.05) is 10.9 Å². The molecule has 1 rings (SSSR count). The summed E-state index contributed by atoms with van der Waals surface area (Å²) in [5, 5.41) is 7.04. The molecule has 0 amide bonds. The molecular formula is C3H7N7. The minimum Gasteiger partial charge on any atom is -0.307 e. The Labute approximate surface area is 56.8 Å². The molecule has 1 aromatic heterocycles. The van der Waals surface area contributed by atoms with Crippen molar-refractivity contribution in [3.8, 4) is 0 Å². The molecule has 7 nitrogen and oxygen atoms in total. The van der Waals surface area contributed by atoms with E-state index in [4.69, 9.17) is 11.7 Å². The van der Waals surface area contributed by atoms with Crippen LogP contribution in [0.15, 0.2) is 6.20 Å². The van der Waals surface area contributed by atoms with E-state index in [1.165, 1.54) is 6.20 Å². The number of anilines is 2. The Kier molecular flexibility index (Phi) is 1.92. The molecular weight excluding hydrogens is 134 g/mol. The quantitative estimate of drug-likeness (QED) is 0.291. The molecule has 1 aromatic rings. The van der Waals surface area contributed by atoms with Gasteiger partial charge in [0, 0.05) is 0 Å². The van der Waals surface area contributed by atoms with Crippen LogP contribution in [0.25, 0.3) is 0 Å². The Bertz CT molecular complexity index is 191. The third-order valence-corrected chi connectivity index (χ3v) is 0.836. The van der Waals surface area contributed by atoms with Crippen molar-refractivity contribution in [3.05, 3.63) is 6.20 Å². The van der Waals surface area contributed by atoms with Gasteiger partial charge in [-0.2, -0.15) is 10.1 Å². The Morgan fingerprint density at radius 3 is 2.70 bits per heavy atom. The number of hydrazine groups is 2. The van der Waals surface area contributed by atoms with E-state index in [0.717, 1.165) is 0 Å². The predicted octanol–water partition coefficient (Wildman–Crippen LogP) is -1.56. The van der Waals surface area contributed by atoms with Gasteiger partial charge < -0.3 is 5.43 Å². The van der Waals surface area contributed by atoms with Gasteiger partial charge in [0.15, 0.2) is 5.82 Å². The number of nitrogens with one attached hydrogen (secondary N) is 2. The second kappa shape index (κ2) is 2.90. The number of aromatic nitrogens is 3. The van der Waals surface area contributed by atoms with Crippen molar-refractivity contribution in [3.63, 3.8) is 0 Å². The highest BCUT2D eigenvalue weighted by Crippen LogP contribution is 1.98. The molecule has 0 saturated carbocycles. The maximum absolute atomic E-state index is 5.02. The van der Waals surface area contributed by atoms with E-state index in [1.807, 2.05) is 0 Å². The average Bonchev–Trinajstić information content (AvgIpc) is 2.05. The van der Waals surface area contributed by atoms with E-state index in [2.05, 4.69) is 26.0 Å². The van der Waals surface area contributed by atoms with E-state index in [1.54, 1.807) is 0 Å². The standard InChI is InChI=1S/C3H7N7/c4-8-2-1-6-10-3(7-2)9-5/h1H,4-5H2,(H2,7,8,9,10). The molecule has 0 fully saturated rings. The van der Waals surface area contributed by atoms with E-state index in [9.17, 15) is 0 Å². The summed E-state index contributed by atoms with van der Waals surface area (Å²) in [6.45, 7) is 0. The van der Waals surface area contributed by atoms with E-state index in [-0.39, 0.29) is 5.95 Å². The zero-order valence-corrected chi connectivity index (χ0v) is 5.07. The van der Waals surface area contributed by atoms with Gasteiger partial charge in [0.05, 0.1) is 6.20 Å². The van der Waals surface area contributed by atoms with Crippen LogP contribution >= 0.6 is 0 Å². The van der Waals surface area contributed by atoms with Crippen LogP contribution in [-0.2, 0) is 0 Å².